The number of anilines is 1. The lowest BCUT2D eigenvalue weighted by Crippen LogP contribution is -2.20. The van der Waals surface area contributed by atoms with Crippen molar-refractivity contribution < 1.29 is 13.9 Å². The number of rotatable bonds is 5. The molecule has 1 N–H and O–H groups in total. The second kappa shape index (κ2) is 8.03. The number of oxazole rings is 1. The average Bonchev–Trinajstić information content (AvgIpc) is 3.10. The number of ether oxygens (including phenoxy) is 1. The molecule has 0 aliphatic carbocycles. The minimum Gasteiger partial charge on any atom is -0.483 e. The third kappa shape index (κ3) is 4.20. The van der Waals surface area contributed by atoms with Gasteiger partial charge in [0.1, 0.15) is 11.3 Å². The van der Waals surface area contributed by atoms with Gasteiger partial charge >= 0.3 is 0 Å². The smallest absolute Gasteiger partial charge is 0.262 e. The summed E-state index contributed by atoms with van der Waals surface area (Å²) in [4.78, 5) is 16.9. The number of carbonyl (C=O) groups is 1. The Labute approximate surface area is 175 Å². The summed E-state index contributed by atoms with van der Waals surface area (Å²) in [5.41, 5.74) is 7.54. The number of aryl methyl sites for hydroxylation is 4. The van der Waals surface area contributed by atoms with Crippen molar-refractivity contribution in [3.63, 3.8) is 0 Å². The van der Waals surface area contributed by atoms with E-state index in [1.165, 1.54) is 5.56 Å². The van der Waals surface area contributed by atoms with Crippen LogP contribution < -0.4 is 10.1 Å². The fraction of sp³-hybridized carbons (Fsp3) is 0.200. The molecule has 0 fully saturated rings. The number of hydrogen-bond donors (Lipinski definition) is 1. The summed E-state index contributed by atoms with van der Waals surface area (Å²) >= 11 is 0. The summed E-state index contributed by atoms with van der Waals surface area (Å²) in [6, 6.07) is 17.3. The van der Waals surface area contributed by atoms with Gasteiger partial charge in [0.2, 0.25) is 5.89 Å². The normalized spacial score (nSPS) is 10.9. The average molecular weight is 400 g/mol. The molecule has 0 spiro atoms. The van der Waals surface area contributed by atoms with Gasteiger partial charge in [0, 0.05) is 11.3 Å². The Kier molecular flexibility index (Phi) is 5.27. The minimum absolute atomic E-state index is 0.0600. The van der Waals surface area contributed by atoms with Crippen LogP contribution in [0.4, 0.5) is 5.69 Å². The molecule has 0 aliphatic heterocycles. The van der Waals surface area contributed by atoms with Gasteiger partial charge in [-0.3, -0.25) is 4.79 Å². The standard InChI is InChI=1S/C25H24N2O3/c1-15-8-9-22(18(4)10-15)29-14-24(28)26-20-7-5-6-19(13-20)25-27-21-11-16(2)17(3)12-23(21)30-25/h5-13H,14H2,1-4H3,(H,26,28). The van der Waals surface area contributed by atoms with Crippen molar-refractivity contribution in [2.24, 2.45) is 0 Å². The molecule has 5 nitrogen and oxygen atoms in total. The van der Waals surface area contributed by atoms with Gasteiger partial charge in [-0.05, 0) is 80.8 Å². The molecule has 152 valence electrons. The van der Waals surface area contributed by atoms with Crippen molar-refractivity contribution in [1.82, 2.24) is 4.98 Å². The van der Waals surface area contributed by atoms with Crippen LogP contribution in [0.25, 0.3) is 22.6 Å². The van der Waals surface area contributed by atoms with Crippen LogP contribution in [0, 0.1) is 27.7 Å². The molecule has 0 saturated carbocycles. The Bertz CT molecular complexity index is 1200. The highest BCUT2D eigenvalue weighted by molar-refractivity contribution is 5.92. The van der Waals surface area contributed by atoms with Crippen molar-refractivity contribution in [2.45, 2.75) is 27.7 Å². The fourth-order valence-corrected chi connectivity index (χ4v) is 3.34. The van der Waals surface area contributed by atoms with Gasteiger partial charge in [0.25, 0.3) is 5.91 Å². The van der Waals surface area contributed by atoms with Crippen molar-refractivity contribution in [3.8, 4) is 17.2 Å². The predicted octanol–water partition coefficient (Wildman–Crippen LogP) is 5.75. The molecular formula is C25H24N2O3. The molecule has 0 aliphatic rings. The van der Waals surface area contributed by atoms with Crippen LogP contribution in [0.3, 0.4) is 0 Å². The quantitative estimate of drug-likeness (QED) is 0.463. The summed E-state index contributed by atoms with van der Waals surface area (Å²) in [5, 5.41) is 2.87. The first-order valence-corrected chi connectivity index (χ1v) is 9.87. The second-order valence-electron chi connectivity index (χ2n) is 7.61. The summed E-state index contributed by atoms with van der Waals surface area (Å²) in [5.74, 6) is 1.01. The Morgan fingerprint density at radius 2 is 1.77 bits per heavy atom. The number of nitrogens with one attached hydrogen (secondary N) is 1. The van der Waals surface area contributed by atoms with E-state index in [1.807, 2.05) is 75.4 Å². The van der Waals surface area contributed by atoms with Gasteiger partial charge in [-0.15, -0.1) is 0 Å². The van der Waals surface area contributed by atoms with Gasteiger partial charge < -0.3 is 14.5 Å². The largest absolute Gasteiger partial charge is 0.483 e. The van der Waals surface area contributed by atoms with E-state index in [1.54, 1.807) is 0 Å². The highest BCUT2D eigenvalue weighted by Gasteiger charge is 2.11. The first kappa shape index (κ1) is 19.7. The highest BCUT2D eigenvalue weighted by atomic mass is 16.5. The second-order valence-corrected chi connectivity index (χ2v) is 7.61. The molecule has 4 rings (SSSR count). The highest BCUT2D eigenvalue weighted by Crippen LogP contribution is 2.28. The molecule has 3 aromatic carbocycles. The molecule has 1 amide bonds. The van der Waals surface area contributed by atoms with Gasteiger partial charge in [0.05, 0.1) is 0 Å². The number of amides is 1. The van der Waals surface area contributed by atoms with Crippen molar-refractivity contribution in [3.05, 3.63) is 76.9 Å². The van der Waals surface area contributed by atoms with Crippen molar-refractivity contribution in [1.29, 1.82) is 0 Å². The molecule has 5 heteroatoms. The number of hydrogen-bond acceptors (Lipinski definition) is 4. The molecule has 0 bridgehead atoms. The Morgan fingerprint density at radius 3 is 2.57 bits per heavy atom. The van der Waals surface area contributed by atoms with Gasteiger partial charge in [-0.2, -0.15) is 0 Å². The van der Waals surface area contributed by atoms with Crippen molar-refractivity contribution in [2.75, 3.05) is 11.9 Å². The van der Waals surface area contributed by atoms with Gasteiger partial charge in [0.15, 0.2) is 12.2 Å². The van der Waals surface area contributed by atoms with Gasteiger partial charge in [-0.1, -0.05) is 23.8 Å². The van der Waals surface area contributed by atoms with E-state index < -0.39 is 0 Å². The Hall–Kier alpha value is -3.60. The molecule has 1 heterocycles. The predicted molar refractivity (Wildman–Crippen MR) is 119 cm³/mol. The maximum absolute atomic E-state index is 12.4. The topological polar surface area (TPSA) is 64.4 Å². The van der Waals surface area contributed by atoms with Crippen LogP contribution in [0.5, 0.6) is 5.75 Å². The van der Waals surface area contributed by atoms with E-state index in [2.05, 4.69) is 17.2 Å². The number of carbonyl (C=O) groups excluding carboxylic acids is 1. The number of fused-ring (bicyclic) bond motifs is 1. The zero-order valence-corrected chi connectivity index (χ0v) is 17.6. The SMILES string of the molecule is Cc1ccc(OCC(=O)Nc2cccc(-c3nc4cc(C)c(C)cc4o3)c2)c(C)c1. The number of aromatic nitrogens is 1. The third-order valence-corrected chi connectivity index (χ3v) is 5.09. The van der Waals surface area contributed by atoms with E-state index in [0.717, 1.165) is 33.4 Å². The van der Waals surface area contributed by atoms with Crippen molar-refractivity contribution >= 4 is 22.7 Å². The van der Waals surface area contributed by atoms with Crippen LogP contribution in [0.2, 0.25) is 0 Å². The maximum atomic E-state index is 12.4. The summed E-state index contributed by atoms with van der Waals surface area (Å²) < 4.78 is 11.6. The number of nitrogens with zero attached hydrogens (tertiary/aromatic N) is 1. The minimum atomic E-state index is -0.226. The zero-order valence-electron chi connectivity index (χ0n) is 17.6. The summed E-state index contributed by atoms with van der Waals surface area (Å²) in [7, 11) is 0. The van der Waals surface area contributed by atoms with E-state index >= 15 is 0 Å². The maximum Gasteiger partial charge on any atom is 0.262 e. The van der Waals surface area contributed by atoms with E-state index in [9.17, 15) is 4.79 Å². The summed E-state index contributed by atoms with van der Waals surface area (Å²) in [6.45, 7) is 8.03. The lowest BCUT2D eigenvalue weighted by atomic mass is 10.1. The lowest BCUT2D eigenvalue weighted by Gasteiger charge is -2.10. The van der Waals surface area contributed by atoms with Gasteiger partial charge in [-0.25, -0.2) is 4.98 Å². The third-order valence-electron chi connectivity index (χ3n) is 5.09. The van der Waals surface area contributed by atoms with Crippen LogP contribution >= 0.6 is 0 Å². The van der Waals surface area contributed by atoms with E-state index in [-0.39, 0.29) is 12.5 Å². The molecule has 0 saturated heterocycles. The lowest BCUT2D eigenvalue weighted by molar-refractivity contribution is -0.118. The molecule has 30 heavy (non-hydrogen) atoms. The zero-order chi connectivity index (χ0) is 21.3. The monoisotopic (exact) mass is 400 g/mol. The summed E-state index contributed by atoms with van der Waals surface area (Å²) in [6.07, 6.45) is 0. The molecule has 1 aromatic heterocycles. The van der Waals surface area contributed by atoms with E-state index in [4.69, 9.17) is 9.15 Å². The molecule has 4 aromatic rings. The number of benzene rings is 3. The van der Waals surface area contributed by atoms with Crippen LogP contribution in [0.15, 0.2) is 59.0 Å². The van der Waals surface area contributed by atoms with Crippen LogP contribution in [-0.2, 0) is 4.79 Å². The van der Waals surface area contributed by atoms with Crippen LogP contribution in [-0.4, -0.2) is 17.5 Å². The molecular weight excluding hydrogens is 376 g/mol. The Morgan fingerprint density at radius 1 is 0.967 bits per heavy atom. The molecule has 0 radical (unpaired) electrons. The molecule has 0 unspecified atom stereocenters. The first-order chi connectivity index (χ1) is 14.4. The molecule has 0 atom stereocenters. The fourth-order valence-electron chi connectivity index (χ4n) is 3.34. The Balaban J connectivity index is 1.47. The van der Waals surface area contributed by atoms with E-state index in [0.29, 0.717) is 17.3 Å². The van der Waals surface area contributed by atoms with Crippen LogP contribution in [0.1, 0.15) is 22.3 Å². The first-order valence-electron chi connectivity index (χ1n) is 9.87.